The number of nitriles is 1. The van der Waals surface area contributed by atoms with Crippen LogP contribution in [0.2, 0.25) is 5.02 Å². The summed E-state index contributed by atoms with van der Waals surface area (Å²) in [6.45, 7) is 9.77. The molecule has 8 heteroatoms. The van der Waals surface area contributed by atoms with Gasteiger partial charge in [0.1, 0.15) is 0 Å². The van der Waals surface area contributed by atoms with Crippen LogP contribution in [0.3, 0.4) is 0 Å². The van der Waals surface area contributed by atoms with Gasteiger partial charge < -0.3 is 10.2 Å². The van der Waals surface area contributed by atoms with Gasteiger partial charge in [-0.05, 0) is 44.5 Å². The lowest BCUT2D eigenvalue weighted by Gasteiger charge is -2.35. The number of hydrogen-bond donors (Lipinski definition) is 1. The minimum atomic E-state index is -0.0343. The number of anilines is 1. The lowest BCUT2D eigenvalue weighted by atomic mass is 10.2. The molecule has 1 N–H and O–H groups in total. The Hall–Kier alpha value is -2.14. The third-order valence-corrected chi connectivity index (χ3v) is 5.27. The van der Waals surface area contributed by atoms with E-state index >= 15 is 0 Å². The average Bonchev–Trinajstić information content (AvgIpc) is 2.65. The summed E-state index contributed by atoms with van der Waals surface area (Å²) in [5.74, 6) is -0.00159. The normalized spacial score (nSPS) is 15.2. The number of halogens is 1. The number of carbonyl (C=O) groups excluding carboxylic acids is 2. The summed E-state index contributed by atoms with van der Waals surface area (Å²) < 4.78 is 0. The molecule has 0 aromatic heterocycles. The van der Waals surface area contributed by atoms with Crippen molar-refractivity contribution in [2.45, 2.75) is 33.2 Å². The third-order valence-electron chi connectivity index (χ3n) is 4.84. The zero-order chi connectivity index (χ0) is 21.4. The van der Waals surface area contributed by atoms with Crippen molar-refractivity contribution in [1.82, 2.24) is 15.1 Å². The summed E-state index contributed by atoms with van der Waals surface area (Å²) in [4.78, 5) is 30.7. The van der Waals surface area contributed by atoms with Gasteiger partial charge in [0.2, 0.25) is 11.8 Å². The second-order valence-electron chi connectivity index (χ2n) is 7.66. The quantitative estimate of drug-likeness (QED) is 0.697. The van der Waals surface area contributed by atoms with Gasteiger partial charge in [0.25, 0.3) is 0 Å². The van der Waals surface area contributed by atoms with Gasteiger partial charge in [0.05, 0.1) is 25.6 Å². The molecule has 7 nitrogen and oxygen atoms in total. The number of amides is 2. The molecule has 0 aliphatic carbocycles. The highest BCUT2D eigenvalue weighted by atomic mass is 35.5. The van der Waals surface area contributed by atoms with Crippen LogP contribution >= 0.6 is 11.6 Å². The summed E-state index contributed by atoms with van der Waals surface area (Å²) in [6, 6.07) is 7.72. The molecule has 0 saturated carbocycles. The summed E-state index contributed by atoms with van der Waals surface area (Å²) >= 11 is 6.11. The van der Waals surface area contributed by atoms with Gasteiger partial charge >= 0.3 is 0 Å². The van der Waals surface area contributed by atoms with E-state index in [4.69, 9.17) is 16.9 Å². The van der Waals surface area contributed by atoms with Crippen molar-refractivity contribution in [3.05, 3.63) is 28.8 Å². The molecule has 1 aliphatic heterocycles. The Morgan fingerprint density at radius 1 is 1.21 bits per heavy atom. The first-order valence-corrected chi connectivity index (χ1v) is 10.4. The van der Waals surface area contributed by atoms with Crippen LogP contribution in [-0.2, 0) is 9.59 Å². The van der Waals surface area contributed by atoms with Crippen molar-refractivity contribution in [3.63, 3.8) is 0 Å². The number of carbonyl (C=O) groups is 2. The van der Waals surface area contributed by atoms with Crippen LogP contribution in [0.15, 0.2) is 18.2 Å². The van der Waals surface area contributed by atoms with E-state index in [9.17, 15) is 9.59 Å². The van der Waals surface area contributed by atoms with E-state index in [1.54, 1.807) is 11.0 Å². The Balaban J connectivity index is 1.92. The largest absolute Gasteiger partial charge is 0.353 e. The van der Waals surface area contributed by atoms with Crippen molar-refractivity contribution in [2.24, 2.45) is 0 Å². The zero-order valence-electron chi connectivity index (χ0n) is 17.4. The highest BCUT2D eigenvalue weighted by Crippen LogP contribution is 2.23. The number of nitrogens with one attached hydrogen (secondary N) is 1. The predicted molar refractivity (Wildman–Crippen MR) is 115 cm³/mol. The molecule has 0 unspecified atom stereocenters. The van der Waals surface area contributed by atoms with E-state index < -0.39 is 0 Å². The minimum Gasteiger partial charge on any atom is -0.353 e. The lowest BCUT2D eigenvalue weighted by Crippen LogP contribution is -2.52. The smallest absolute Gasteiger partial charge is 0.241 e. The highest BCUT2D eigenvalue weighted by Gasteiger charge is 2.24. The molecule has 1 aromatic rings. The van der Waals surface area contributed by atoms with E-state index in [0.29, 0.717) is 24.7 Å². The average molecular weight is 420 g/mol. The fourth-order valence-electron chi connectivity index (χ4n) is 3.31. The van der Waals surface area contributed by atoms with Crippen molar-refractivity contribution < 1.29 is 9.59 Å². The summed E-state index contributed by atoms with van der Waals surface area (Å²) in [5.41, 5.74) is 1.66. The fraction of sp³-hybridized carbons (Fsp3) is 0.571. The number of benzene rings is 1. The third kappa shape index (κ3) is 7.32. The first-order valence-electron chi connectivity index (χ1n) is 9.97. The second kappa shape index (κ2) is 11.1. The molecule has 0 radical (unpaired) electrons. The lowest BCUT2D eigenvalue weighted by molar-refractivity contribution is -0.124. The Morgan fingerprint density at radius 3 is 2.38 bits per heavy atom. The van der Waals surface area contributed by atoms with E-state index in [0.717, 1.165) is 37.4 Å². The molecule has 158 valence electrons. The number of nitrogens with zero attached hydrogens (tertiary/aromatic N) is 4. The van der Waals surface area contributed by atoms with Crippen LogP contribution in [0.4, 0.5) is 5.69 Å². The molecule has 0 spiro atoms. The number of rotatable bonds is 8. The van der Waals surface area contributed by atoms with Crippen LogP contribution in [0, 0.1) is 18.3 Å². The minimum absolute atomic E-state index is 0.0327. The van der Waals surface area contributed by atoms with E-state index in [2.05, 4.69) is 21.2 Å². The Morgan fingerprint density at radius 2 is 1.83 bits per heavy atom. The van der Waals surface area contributed by atoms with Crippen LogP contribution in [0.1, 0.15) is 25.8 Å². The molecule has 1 saturated heterocycles. The van der Waals surface area contributed by atoms with Crippen LogP contribution in [0.25, 0.3) is 0 Å². The van der Waals surface area contributed by atoms with E-state index in [-0.39, 0.29) is 24.3 Å². The van der Waals surface area contributed by atoms with Gasteiger partial charge in [0.15, 0.2) is 0 Å². The Bertz CT molecular complexity index is 754. The summed E-state index contributed by atoms with van der Waals surface area (Å²) in [5, 5.41) is 12.5. The molecule has 2 rings (SSSR count). The topological polar surface area (TPSA) is 79.7 Å². The van der Waals surface area contributed by atoms with E-state index in [1.807, 2.05) is 32.9 Å². The molecule has 0 atom stereocenters. The first kappa shape index (κ1) is 23.1. The zero-order valence-corrected chi connectivity index (χ0v) is 18.2. The van der Waals surface area contributed by atoms with Gasteiger partial charge in [0, 0.05) is 49.5 Å². The molecule has 1 fully saturated rings. The number of aryl methyl sites for hydroxylation is 1. The van der Waals surface area contributed by atoms with Gasteiger partial charge in [-0.25, -0.2) is 0 Å². The fourth-order valence-corrected chi connectivity index (χ4v) is 3.43. The number of piperazine rings is 1. The summed E-state index contributed by atoms with van der Waals surface area (Å²) in [7, 11) is 0. The maximum atomic E-state index is 13.0. The van der Waals surface area contributed by atoms with Gasteiger partial charge in [-0.3, -0.25) is 19.4 Å². The van der Waals surface area contributed by atoms with Gasteiger partial charge in [-0.15, -0.1) is 0 Å². The molecule has 29 heavy (non-hydrogen) atoms. The van der Waals surface area contributed by atoms with Gasteiger partial charge in [-0.2, -0.15) is 5.26 Å². The van der Waals surface area contributed by atoms with Crippen LogP contribution < -0.4 is 10.2 Å². The molecule has 2 amide bonds. The molecule has 1 aromatic carbocycles. The SMILES string of the molecule is Cc1cc(N(CCC#N)C(=O)CN2CCN(CC(=O)NC(C)C)CC2)ccc1Cl. The van der Waals surface area contributed by atoms with E-state index in [1.165, 1.54) is 0 Å². The Kier molecular flexibility index (Phi) is 8.90. The van der Waals surface area contributed by atoms with Crippen molar-refractivity contribution >= 4 is 29.1 Å². The second-order valence-corrected chi connectivity index (χ2v) is 8.07. The maximum Gasteiger partial charge on any atom is 0.241 e. The number of hydrogen-bond acceptors (Lipinski definition) is 5. The molecular weight excluding hydrogens is 390 g/mol. The molecular formula is C21H30ClN5O2. The predicted octanol–water partition coefficient (Wildman–Crippen LogP) is 2.04. The highest BCUT2D eigenvalue weighted by molar-refractivity contribution is 6.31. The van der Waals surface area contributed by atoms with Crippen molar-refractivity contribution in [2.75, 3.05) is 50.7 Å². The van der Waals surface area contributed by atoms with Crippen LogP contribution in [0.5, 0.6) is 0 Å². The molecule has 1 heterocycles. The van der Waals surface area contributed by atoms with Crippen LogP contribution in [-0.4, -0.2) is 73.5 Å². The first-order chi connectivity index (χ1) is 13.8. The Labute approximate surface area is 178 Å². The summed E-state index contributed by atoms with van der Waals surface area (Å²) in [6.07, 6.45) is 0.270. The monoisotopic (exact) mass is 419 g/mol. The maximum absolute atomic E-state index is 13.0. The van der Waals surface area contributed by atoms with Gasteiger partial charge in [-0.1, -0.05) is 11.6 Å². The van der Waals surface area contributed by atoms with Crippen molar-refractivity contribution in [3.8, 4) is 6.07 Å². The standard InChI is InChI=1S/C21H30ClN5O2/c1-16(2)24-20(28)14-25-9-11-26(12-10-25)15-21(29)27(8-4-7-23)18-5-6-19(22)17(3)13-18/h5-6,13,16H,4,8-12,14-15H2,1-3H3,(H,24,28). The molecule has 0 bridgehead atoms. The molecule has 1 aliphatic rings. The van der Waals surface area contributed by atoms with Crippen molar-refractivity contribution in [1.29, 1.82) is 5.26 Å².